The summed E-state index contributed by atoms with van der Waals surface area (Å²) in [5, 5.41) is 0. The van der Waals surface area contributed by atoms with Gasteiger partial charge in [-0.3, -0.25) is 4.98 Å². The molecule has 1 aromatic carbocycles. The number of ether oxygens (including phenoxy) is 1. The standard InChI is InChI=1S/C16H20N2O/c17-16(15-6-2-1-3-7-15)13-19-12-4-5-14-8-10-18-11-9-14/h1-3,6-11,16H,4-5,12-13,17H2. The first-order chi connectivity index (χ1) is 9.36. The van der Waals surface area contributed by atoms with Crippen molar-refractivity contribution >= 4 is 0 Å². The smallest absolute Gasteiger partial charge is 0.0659 e. The SMILES string of the molecule is NC(COCCCc1ccncc1)c1ccccc1. The summed E-state index contributed by atoms with van der Waals surface area (Å²) >= 11 is 0. The molecule has 0 aliphatic heterocycles. The van der Waals surface area contributed by atoms with E-state index in [1.165, 1.54) is 5.56 Å². The summed E-state index contributed by atoms with van der Waals surface area (Å²) in [6, 6.07) is 14.1. The van der Waals surface area contributed by atoms with Crippen molar-refractivity contribution in [3.8, 4) is 0 Å². The van der Waals surface area contributed by atoms with E-state index < -0.39 is 0 Å². The van der Waals surface area contributed by atoms with Crippen LogP contribution < -0.4 is 5.73 Å². The van der Waals surface area contributed by atoms with Crippen LogP contribution in [0.1, 0.15) is 23.6 Å². The number of hydrogen-bond donors (Lipinski definition) is 1. The minimum absolute atomic E-state index is 0.0397. The number of hydrogen-bond acceptors (Lipinski definition) is 3. The zero-order valence-corrected chi connectivity index (χ0v) is 11.0. The molecule has 100 valence electrons. The van der Waals surface area contributed by atoms with Crippen LogP contribution in [-0.2, 0) is 11.2 Å². The second-order valence-electron chi connectivity index (χ2n) is 4.55. The Hall–Kier alpha value is -1.71. The van der Waals surface area contributed by atoms with Crippen LogP contribution in [0.25, 0.3) is 0 Å². The summed E-state index contributed by atoms with van der Waals surface area (Å²) < 4.78 is 5.63. The number of nitrogens with zero attached hydrogens (tertiary/aromatic N) is 1. The van der Waals surface area contributed by atoms with Crippen molar-refractivity contribution in [3.63, 3.8) is 0 Å². The van der Waals surface area contributed by atoms with Crippen LogP contribution in [0.3, 0.4) is 0 Å². The fraction of sp³-hybridized carbons (Fsp3) is 0.312. The minimum atomic E-state index is -0.0397. The van der Waals surface area contributed by atoms with Gasteiger partial charge < -0.3 is 10.5 Å². The fourth-order valence-corrected chi connectivity index (χ4v) is 1.93. The largest absolute Gasteiger partial charge is 0.379 e. The van der Waals surface area contributed by atoms with Gasteiger partial charge in [-0.05, 0) is 36.1 Å². The van der Waals surface area contributed by atoms with Gasteiger partial charge in [0.1, 0.15) is 0 Å². The van der Waals surface area contributed by atoms with Crippen LogP contribution in [0.15, 0.2) is 54.9 Å². The third-order valence-corrected chi connectivity index (χ3v) is 3.03. The van der Waals surface area contributed by atoms with Crippen molar-refractivity contribution < 1.29 is 4.74 Å². The van der Waals surface area contributed by atoms with Gasteiger partial charge in [-0.2, -0.15) is 0 Å². The number of rotatable bonds is 7. The first kappa shape index (κ1) is 13.7. The lowest BCUT2D eigenvalue weighted by molar-refractivity contribution is 0.119. The maximum atomic E-state index is 6.06. The van der Waals surface area contributed by atoms with Gasteiger partial charge in [-0.1, -0.05) is 30.3 Å². The average Bonchev–Trinajstić information content (AvgIpc) is 2.49. The number of nitrogens with two attached hydrogens (primary N) is 1. The van der Waals surface area contributed by atoms with Crippen molar-refractivity contribution in [1.29, 1.82) is 0 Å². The zero-order chi connectivity index (χ0) is 13.3. The summed E-state index contributed by atoms with van der Waals surface area (Å²) in [5.74, 6) is 0. The van der Waals surface area contributed by atoms with Crippen molar-refractivity contribution in [1.82, 2.24) is 4.98 Å². The Balaban J connectivity index is 1.62. The lowest BCUT2D eigenvalue weighted by Crippen LogP contribution is -2.17. The van der Waals surface area contributed by atoms with Crippen LogP contribution in [0.4, 0.5) is 0 Å². The molecule has 2 N–H and O–H groups in total. The molecule has 3 heteroatoms. The molecule has 1 aromatic heterocycles. The Morgan fingerprint density at radius 1 is 1.05 bits per heavy atom. The molecule has 1 unspecified atom stereocenters. The van der Waals surface area contributed by atoms with E-state index in [1.54, 1.807) is 0 Å². The molecule has 0 spiro atoms. The highest BCUT2D eigenvalue weighted by molar-refractivity contribution is 5.18. The highest BCUT2D eigenvalue weighted by Crippen LogP contribution is 2.10. The molecule has 1 atom stereocenters. The maximum absolute atomic E-state index is 6.06. The lowest BCUT2D eigenvalue weighted by Gasteiger charge is -2.12. The predicted octanol–water partition coefficient (Wildman–Crippen LogP) is 2.73. The Kier molecular flexibility index (Phi) is 5.53. The minimum Gasteiger partial charge on any atom is -0.379 e. The predicted molar refractivity (Wildman–Crippen MR) is 76.7 cm³/mol. The highest BCUT2D eigenvalue weighted by atomic mass is 16.5. The van der Waals surface area contributed by atoms with Gasteiger partial charge in [0.05, 0.1) is 12.6 Å². The summed E-state index contributed by atoms with van der Waals surface area (Å²) in [6.07, 6.45) is 5.66. The van der Waals surface area contributed by atoms with Crippen LogP contribution in [-0.4, -0.2) is 18.2 Å². The second kappa shape index (κ2) is 7.67. The summed E-state index contributed by atoms with van der Waals surface area (Å²) in [4.78, 5) is 4.00. The molecule has 0 radical (unpaired) electrons. The van der Waals surface area contributed by atoms with Gasteiger partial charge in [-0.25, -0.2) is 0 Å². The molecule has 0 bridgehead atoms. The number of aromatic nitrogens is 1. The molecule has 0 saturated heterocycles. The van der Waals surface area contributed by atoms with E-state index in [9.17, 15) is 0 Å². The first-order valence-electron chi connectivity index (χ1n) is 6.63. The molecule has 0 fully saturated rings. The first-order valence-corrected chi connectivity index (χ1v) is 6.63. The Morgan fingerprint density at radius 2 is 1.79 bits per heavy atom. The van der Waals surface area contributed by atoms with Gasteiger partial charge >= 0.3 is 0 Å². The van der Waals surface area contributed by atoms with Crippen LogP contribution in [0.2, 0.25) is 0 Å². The van der Waals surface area contributed by atoms with E-state index in [2.05, 4.69) is 4.98 Å². The molecule has 0 aliphatic carbocycles. The fourth-order valence-electron chi connectivity index (χ4n) is 1.93. The van der Waals surface area contributed by atoms with Crippen molar-refractivity contribution in [3.05, 3.63) is 66.0 Å². The van der Waals surface area contributed by atoms with Gasteiger partial charge in [-0.15, -0.1) is 0 Å². The highest BCUT2D eigenvalue weighted by Gasteiger charge is 2.04. The second-order valence-corrected chi connectivity index (χ2v) is 4.55. The lowest BCUT2D eigenvalue weighted by atomic mass is 10.1. The summed E-state index contributed by atoms with van der Waals surface area (Å²) in [5.41, 5.74) is 8.47. The Morgan fingerprint density at radius 3 is 2.53 bits per heavy atom. The Labute approximate surface area is 114 Å². The van der Waals surface area contributed by atoms with E-state index in [-0.39, 0.29) is 6.04 Å². The average molecular weight is 256 g/mol. The van der Waals surface area contributed by atoms with Crippen LogP contribution in [0.5, 0.6) is 0 Å². The Bertz CT molecular complexity index is 459. The third kappa shape index (κ3) is 4.81. The van der Waals surface area contributed by atoms with Crippen LogP contribution >= 0.6 is 0 Å². The molecule has 0 saturated carbocycles. The molecule has 2 aromatic rings. The molecule has 0 aliphatic rings. The number of benzene rings is 1. The van der Waals surface area contributed by atoms with Gasteiger partial charge in [0.15, 0.2) is 0 Å². The summed E-state index contributed by atoms with van der Waals surface area (Å²) in [7, 11) is 0. The van der Waals surface area contributed by atoms with Gasteiger partial charge in [0.25, 0.3) is 0 Å². The zero-order valence-electron chi connectivity index (χ0n) is 11.0. The van der Waals surface area contributed by atoms with Crippen molar-refractivity contribution in [2.45, 2.75) is 18.9 Å². The van der Waals surface area contributed by atoms with E-state index in [0.717, 1.165) is 25.0 Å². The molecular weight excluding hydrogens is 236 g/mol. The van der Waals surface area contributed by atoms with E-state index in [0.29, 0.717) is 6.61 Å². The van der Waals surface area contributed by atoms with Crippen molar-refractivity contribution in [2.75, 3.05) is 13.2 Å². The summed E-state index contributed by atoms with van der Waals surface area (Å²) in [6.45, 7) is 1.31. The topological polar surface area (TPSA) is 48.1 Å². The van der Waals surface area contributed by atoms with E-state index in [4.69, 9.17) is 10.5 Å². The molecule has 1 heterocycles. The van der Waals surface area contributed by atoms with E-state index in [1.807, 2.05) is 54.9 Å². The maximum Gasteiger partial charge on any atom is 0.0659 e. The molecule has 3 nitrogen and oxygen atoms in total. The van der Waals surface area contributed by atoms with Crippen molar-refractivity contribution in [2.24, 2.45) is 5.73 Å². The van der Waals surface area contributed by atoms with Crippen LogP contribution in [0, 0.1) is 0 Å². The number of pyridine rings is 1. The van der Waals surface area contributed by atoms with Gasteiger partial charge in [0.2, 0.25) is 0 Å². The number of aryl methyl sites for hydroxylation is 1. The van der Waals surface area contributed by atoms with Gasteiger partial charge in [0, 0.05) is 19.0 Å². The monoisotopic (exact) mass is 256 g/mol. The van der Waals surface area contributed by atoms with E-state index >= 15 is 0 Å². The molecule has 2 rings (SSSR count). The quantitative estimate of drug-likeness (QED) is 0.775. The normalized spacial score (nSPS) is 12.3. The molecule has 19 heavy (non-hydrogen) atoms. The molecular formula is C16H20N2O. The molecule has 0 amide bonds. The third-order valence-electron chi connectivity index (χ3n) is 3.03.